The third-order valence-corrected chi connectivity index (χ3v) is 3.85. The zero-order valence-corrected chi connectivity index (χ0v) is 13.2. The summed E-state index contributed by atoms with van der Waals surface area (Å²) in [6.07, 6.45) is 2.53. The Kier molecular flexibility index (Phi) is 4.69. The van der Waals surface area contributed by atoms with Crippen LogP contribution in [0.15, 0.2) is 18.2 Å². The molecular formula is C17H27FN2. The van der Waals surface area contributed by atoms with E-state index in [1.807, 2.05) is 6.07 Å². The second-order valence-electron chi connectivity index (χ2n) is 7.07. The Balaban J connectivity index is 2.18. The van der Waals surface area contributed by atoms with Crippen LogP contribution in [0.2, 0.25) is 0 Å². The van der Waals surface area contributed by atoms with E-state index >= 15 is 0 Å². The van der Waals surface area contributed by atoms with E-state index in [4.69, 9.17) is 0 Å². The highest BCUT2D eigenvalue weighted by Crippen LogP contribution is 2.27. The maximum atomic E-state index is 13.6. The maximum Gasteiger partial charge on any atom is 0.123 e. The molecule has 2 nitrogen and oxygen atoms in total. The molecule has 0 aliphatic carbocycles. The van der Waals surface area contributed by atoms with Crippen molar-refractivity contribution in [2.45, 2.75) is 52.6 Å². The first kappa shape index (κ1) is 15.3. The third kappa shape index (κ3) is 4.20. The number of halogens is 1. The van der Waals surface area contributed by atoms with Crippen molar-refractivity contribution >= 4 is 5.69 Å². The fourth-order valence-corrected chi connectivity index (χ4v) is 2.77. The molecule has 1 saturated heterocycles. The monoisotopic (exact) mass is 278 g/mol. The molecule has 1 heterocycles. The molecule has 1 aromatic carbocycles. The number of piperidine rings is 1. The number of hydrogen-bond acceptors (Lipinski definition) is 2. The molecular weight excluding hydrogens is 251 g/mol. The van der Waals surface area contributed by atoms with E-state index in [9.17, 15) is 4.39 Å². The van der Waals surface area contributed by atoms with Gasteiger partial charge in [-0.05, 0) is 63.3 Å². The molecule has 20 heavy (non-hydrogen) atoms. The van der Waals surface area contributed by atoms with Gasteiger partial charge in [-0.2, -0.15) is 0 Å². The van der Waals surface area contributed by atoms with Gasteiger partial charge >= 0.3 is 0 Å². The summed E-state index contributed by atoms with van der Waals surface area (Å²) in [5, 5.41) is 3.46. The van der Waals surface area contributed by atoms with Crippen LogP contribution in [0.3, 0.4) is 0 Å². The first-order valence-electron chi connectivity index (χ1n) is 7.63. The summed E-state index contributed by atoms with van der Waals surface area (Å²) in [6, 6.07) is 5.19. The van der Waals surface area contributed by atoms with E-state index in [0.717, 1.165) is 24.6 Å². The molecule has 0 radical (unpaired) electrons. The van der Waals surface area contributed by atoms with Crippen molar-refractivity contribution in [1.29, 1.82) is 0 Å². The molecule has 0 saturated carbocycles. The summed E-state index contributed by atoms with van der Waals surface area (Å²) >= 11 is 0. The van der Waals surface area contributed by atoms with Crippen LogP contribution >= 0.6 is 0 Å². The van der Waals surface area contributed by atoms with E-state index < -0.39 is 0 Å². The van der Waals surface area contributed by atoms with Crippen LogP contribution in [0.4, 0.5) is 10.1 Å². The van der Waals surface area contributed by atoms with Crippen LogP contribution in [0.5, 0.6) is 0 Å². The van der Waals surface area contributed by atoms with Gasteiger partial charge in [0.25, 0.3) is 0 Å². The van der Waals surface area contributed by atoms with Crippen LogP contribution in [-0.4, -0.2) is 18.6 Å². The minimum absolute atomic E-state index is 0.0405. The van der Waals surface area contributed by atoms with Gasteiger partial charge in [-0.3, -0.25) is 0 Å². The molecule has 1 aromatic rings. The van der Waals surface area contributed by atoms with E-state index in [-0.39, 0.29) is 11.4 Å². The fourth-order valence-electron chi connectivity index (χ4n) is 2.77. The van der Waals surface area contributed by atoms with Crippen molar-refractivity contribution in [1.82, 2.24) is 5.32 Å². The summed E-state index contributed by atoms with van der Waals surface area (Å²) in [7, 11) is 0. The molecule has 112 valence electrons. The average molecular weight is 278 g/mol. The van der Waals surface area contributed by atoms with Crippen molar-refractivity contribution in [3.05, 3.63) is 29.6 Å². The van der Waals surface area contributed by atoms with Crippen molar-refractivity contribution in [2.24, 2.45) is 5.92 Å². The van der Waals surface area contributed by atoms with Gasteiger partial charge in [0.1, 0.15) is 5.82 Å². The highest BCUT2D eigenvalue weighted by molar-refractivity contribution is 5.54. The Hall–Kier alpha value is -1.09. The second kappa shape index (κ2) is 6.13. The predicted octanol–water partition coefficient (Wildman–Crippen LogP) is 3.95. The topological polar surface area (TPSA) is 15.3 Å². The standard InChI is InChI=1S/C17H27FN2/c1-13-6-5-9-20(12-13)16-8-7-15(18)10-14(16)11-19-17(2,3)4/h7-8,10,13,19H,5-6,9,11-12H2,1-4H3. The Labute approximate surface area is 122 Å². The second-order valence-corrected chi connectivity index (χ2v) is 7.07. The third-order valence-electron chi connectivity index (χ3n) is 3.85. The molecule has 3 heteroatoms. The molecule has 0 spiro atoms. The molecule has 1 aliphatic rings. The van der Waals surface area contributed by atoms with Crippen molar-refractivity contribution in [2.75, 3.05) is 18.0 Å². The van der Waals surface area contributed by atoms with Crippen LogP contribution in [0.25, 0.3) is 0 Å². The quantitative estimate of drug-likeness (QED) is 0.900. The average Bonchev–Trinajstić information content (AvgIpc) is 2.35. The minimum atomic E-state index is -0.149. The molecule has 1 atom stereocenters. The molecule has 0 amide bonds. The van der Waals surface area contributed by atoms with Crippen LogP contribution in [0, 0.1) is 11.7 Å². The van der Waals surface area contributed by atoms with Gasteiger partial charge in [-0.25, -0.2) is 4.39 Å². The summed E-state index contributed by atoms with van der Waals surface area (Å²) in [5.41, 5.74) is 2.29. The first-order valence-corrected chi connectivity index (χ1v) is 7.63. The van der Waals surface area contributed by atoms with E-state index in [1.165, 1.54) is 18.5 Å². The summed E-state index contributed by atoms with van der Waals surface area (Å²) in [5.74, 6) is 0.571. The Morgan fingerprint density at radius 1 is 1.35 bits per heavy atom. The molecule has 1 fully saturated rings. The summed E-state index contributed by atoms with van der Waals surface area (Å²) in [4.78, 5) is 2.41. The van der Waals surface area contributed by atoms with Crippen molar-refractivity contribution < 1.29 is 4.39 Å². The van der Waals surface area contributed by atoms with Crippen molar-refractivity contribution in [3.8, 4) is 0 Å². The Morgan fingerprint density at radius 2 is 2.10 bits per heavy atom. The number of anilines is 1. The lowest BCUT2D eigenvalue weighted by molar-refractivity contribution is 0.420. The number of hydrogen-bond donors (Lipinski definition) is 1. The SMILES string of the molecule is CC1CCCN(c2ccc(F)cc2CNC(C)(C)C)C1. The largest absolute Gasteiger partial charge is 0.371 e. The number of nitrogens with zero attached hydrogens (tertiary/aromatic N) is 1. The van der Waals surface area contributed by atoms with Crippen LogP contribution in [0.1, 0.15) is 46.1 Å². The lowest BCUT2D eigenvalue weighted by Gasteiger charge is -2.34. The smallest absolute Gasteiger partial charge is 0.123 e. The molecule has 1 N–H and O–H groups in total. The van der Waals surface area contributed by atoms with Gasteiger partial charge in [-0.15, -0.1) is 0 Å². The lowest BCUT2D eigenvalue weighted by atomic mass is 9.98. The number of benzene rings is 1. The molecule has 0 bridgehead atoms. The van der Waals surface area contributed by atoms with Crippen LogP contribution in [-0.2, 0) is 6.54 Å². The molecule has 1 unspecified atom stereocenters. The van der Waals surface area contributed by atoms with Gasteiger partial charge in [0.15, 0.2) is 0 Å². The molecule has 0 aromatic heterocycles. The van der Waals surface area contributed by atoms with Gasteiger partial charge in [0.05, 0.1) is 0 Å². The van der Waals surface area contributed by atoms with E-state index in [0.29, 0.717) is 6.54 Å². The maximum absolute atomic E-state index is 13.6. The lowest BCUT2D eigenvalue weighted by Crippen LogP contribution is -2.37. The highest BCUT2D eigenvalue weighted by atomic mass is 19.1. The summed E-state index contributed by atoms with van der Waals surface area (Å²) < 4.78 is 13.6. The zero-order chi connectivity index (χ0) is 14.8. The Morgan fingerprint density at radius 3 is 2.75 bits per heavy atom. The van der Waals surface area contributed by atoms with E-state index in [1.54, 1.807) is 12.1 Å². The fraction of sp³-hybridized carbons (Fsp3) is 0.647. The highest BCUT2D eigenvalue weighted by Gasteiger charge is 2.20. The Bertz CT molecular complexity index is 451. The van der Waals surface area contributed by atoms with Crippen molar-refractivity contribution in [3.63, 3.8) is 0 Å². The van der Waals surface area contributed by atoms with Gasteiger partial charge in [0.2, 0.25) is 0 Å². The number of nitrogens with one attached hydrogen (secondary N) is 1. The summed E-state index contributed by atoms with van der Waals surface area (Å²) in [6.45, 7) is 11.6. The van der Waals surface area contributed by atoms with Gasteiger partial charge in [0, 0.05) is 30.9 Å². The molecule has 1 aliphatic heterocycles. The zero-order valence-electron chi connectivity index (χ0n) is 13.2. The van der Waals surface area contributed by atoms with Crippen LogP contribution < -0.4 is 10.2 Å². The van der Waals surface area contributed by atoms with Gasteiger partial charge < -0.3 is 10.2 Å². The predicted molar refractivity (Wildman–Crippen MR) is 83.6 cm³/mol. The molecule has 2 rings (SSSR count). The van der Waals surface area contributed by atoms with Gasteiger partial charge in [-0.1, -0.05) is 6.92 Å². The normalized spacial score (nSPS) is 20.2. The minimum Gasteiger partial charge on any atom is -0.371 e. The first-order chi connectivity index (χ1) is 9.35. The number of rotatable bonds is 3. The van der Waals surface area contributed by atoms with E-state index in [2.05, 4.69) is 37.9 Å².